The highest BCUT2D eigenvalue weighted by Gasteiger charge is 2.35. The lowest BCUT2D eigenvalue weighted by atomic mass is 10.1. The molecule has 0 fully saturated rings. The van der Waals surface area contributed by atoms with E-state index in [1.807, 2.05) is 0 Å². The van der Waals surface area contributed by atoms with Crippen LogP contribution in [0.1, 0.15) is 12.5 Å². The molecule has 0 aliphatic carbocycles. The molecule has 0 unspecified atom stereocenters. The van der Waals surface area contributed by atoms with Crippen molar-refractivity contribution in [1.82, 2.24) is 4.90 Å². The summed E-state index contributed by atoms with van der Waals surface area (Å²) in [5.41, 5.74) is -0.565. The second-order valence-corrected chi connectivity index (χ2v) is 7.28. The van der Waals surface area contributed by atoms with Gasteiger partial charge in [0.1, 0.15) is 12.3 Å². The standard InChI is InChI=1S/C13H15F3N2O5S/c1-2-24(22,23)8-12(19)17(9-13(14,15)16)7-10-5-3-4-6-11(10)18(20)21/h3-6H,2,7-9H2,1H3. The van der Waals surface area contributed by atoms with E-state index in [2.05, 4.69) is 0 Å². The summed E-state index contributed by atoms with van der Waals surface area (Å²) in [5, 5.41) is 10.9. The molecule has 0 saturated heterocycles. The fraction of sp³-hybridized carbons (Fsp3) is 0.462. The summed E-state index contributed by atoms with van der Waals surface area (Å²) in [5.74, 6) is -2.74. The molecule has 24 heavy (non-hydrogen) atoms. The van der Waals surface area contributed by atoms with E-state index in [4.69, 9.17) is 0 Å². The maximum Gasteiger partial charge on any atom is 0.406 e. The van der Waals surface area contributed by atoms with Crippen LogP contribution < -0.4 is 0 Å². The molecule has 0 spiro atoms. The highest BCUT2D eigenvalue weighted by Crippen LogP contribution is 2.23. The number of carbonyl (C=O) groups is 1. The van der Waals surface area contributed by atoms with Gasteiger partial charge in [-0.1, -0.05) is 25.1 Å². The van der Waals surface area contributed by atoms with Crippen LogP contribution in [0.15, 0.2) is 24.3 Å². The minimum atomic E-state index is -4.77. The average Bonchev–Trinajstić information content (AvgIpc) is 2.45. The maximum absolute atomic E-state index is 12.7. The normalized spacial score (nSPS) is 12.0. The van der Waals surface area contributed by atoms with Crippen molar-refractivity contribution in [3.8, 4) is 0 Å². The molecule has 0 aliphatic rings. The molecular formula is C13H15F3N2O5S. The molecule has 0 bridgehead atoms. The molecule has 11 heteroatoms. The molecule has 1 aromatic carbocycles. The van der Waals surface area contributed by atoms with Crippen LogP contribution >= 0.6 is 0 Å². The van der Waals surface area contributed by atoms with Crippen LogP contribution in [0.4, 0.5) is 18.9 Å². The van der Waals surface area contributed by atoms with Gasteiger partial charge in [0.2, 0.25) is 5.91 Å². The van der Waals surface area contributed by atoms with Gasteiger partial charge in [0, 0.05) is 17.4 Å². The lowest BCUT2D eigenvalue weighted by Crippen LogP contribution is -2.41. The molecular weight excluding hydrogens is 353 g/mol. The number of alkyl halides is 3. The van der Waals surface area contributed by atoms with Gasteiger partial charge in [0.25, 0.3) is 5.69 Å². The smallest absolute Gasteiger partial charge is 0.328 e. The first-order valence-electron chi connectivity index (χ1n) is 6.72. The van der Waals surface area contributed by atoms with Crippen LogP contribution in [0.3, 0.4) is 0 Å². The van der Waals surface area contributed by atoms with E-state index in [0.717, 1.165) is 6.07 Å². The van der Waals surface area contributed by atoms with E-state index in [-0.39, 0.29) is 10.5 Å². The van der Waals surface area contributed by atoms with Gasteiger partial charge in [-0.25, -0.2) is 8.42 Å². The Labute approximate surface area is 136 Å². The molecule has 1 rings (SSSR count). The van der Waals surface area contributed by atoms with Crippen molar-refractivity contribution in [2.75, 3.05) is 18.1 Å². The van der Waals surface area contributed by atoms with Gasteiger partial charge in [-0.05, 0) is 0 Å². The van der Waals surface area contributed by atoms with Crippen molar-refractivity contribution < 1.29 is 31.3 Å². The van der Waals surface area contributed by atoms with Gasteiger partial charge >= 0.3 is 6.18 Å². The van der Waals surface area contributed by atoms with Crippen LogP contribution in [0.5, 0.6) is 0 Å². The summed E-state index contributed by atoms with van der Waals surface area (Å²) in [6, 6.07) is 5.01. The molecule has 1 aromatic rings. The van der Waals surface area contributed by atoms with Crippen LogP contribution in [0.25, 0.3) is 0 Å². The van der Waals surface area contributed by atoms with Crippen LogP contribution in [-0.4, -0.2) is 48.4 Å². The Morgan fingerprint density at radius 3 is 2.38 bits per heavy atom. The van der Waals surface area contributed by atoms with Gasteiger partial charge in [0.05, 0.1) is 11.5 Å². The predicted molar refractivity (Wildman–Crippen MR) is 78.9 cm³/mol. The monoisotopic (exact) mass is 368 g/mol. The van der Waals surface area contributed by atoms with Crippen molar-refractivity contribution in [2.45, 2.75) is 19.6 Å². The summed E-state index contributed by atoms with van der Waals surface area (Å²) in [4.78, 5) is 22.4. The van der Waals surface area contributed by atoms with Gasteiger partial charge in [-0.3, -0.25) is 14.9 Å². The molecule has 0 atom stereocenters. The van der Waals surface area contributed by atoms with Crippen LogP contribution in [-0.2, 0) is 21.2 Å². The molecule has 7 nitrogen and oxygen atoms in total. The second-order valence-electron chi connectivity index (χ2n) is 4.93. The number of hydrogen-bond acceptors (Lipinski definition) is 5. The number of carbonyl (C=O) groups excluding carboxylic acids is 1. The molecule has 0 aromatic heterocycles. The Bertz CT molecular complexity index is 719. The summed E-state index contributed by atoms with van der Waals surface area (Å²) in [6.45, 7) is -1.15. The van der Waals surface area contributed by atoms with Crippen molar-refractivity contribution in [1.29, 1.82) is 0 Å². The molecule has 1 amide bonds. The highest BCUT2D eigenvalue weighted by molar-refractivity contribution is 7.92. The highest BCUT2D eigenvalue weighted by atomic mass is 32.2. The molecule has 0 saturated carbocycles. The van der Waals surface area contributed by atoms with E-state index in [0.29, 0.717) is 0 Å². The lowest BCUT2D eigenvalue weighted by Gasteiger charge is -2.24. The van der Waals surface area contributed by atoms with E-state index in [1.165, 1.54) is 25.1 Å². The van der Waals surface area contributed by atoms with Crippen molar-refractivity contribution >= 4 is 21.4 Å². The third kappa shape index (κ3) is 6.14. The van der Waals surface area contributed by atoms with Crippen LogP contribution in [0, 0.1) is 10.1 Å². The Kier molecular flexibility index (Phi) is 6.29. The third-order valence-electron chi connectivity index (χ3n) is 3.06. The van der Waals surface area contributed by atoms with E-state index < -0.39 is 57.1 Å². The Balaban J connectivity index is 3.12. The summed E-state index contributed by atoms with van der Waals surface area (Å²) < 4.78 is 60.9. The zero-order valence-corrected chi connectivity index (χ0v) is 13.4. The molecule has 0 aliphatic heterocycles. The molecule has 0 heterocycles. The quantitative estimate of drug-likeness (QED) is 0.541. The average molecular weight is 368 g/mol. The van der Waals surface area contributed by atoms with E-state index >= 15 is 0 Å². The number of rotatable bonds is 7. The zero-order valence-electron chi connectivity index (χ0n) is 12.6. The Hall–Kier alpha value is -2.17. The second kappa shape index (κ2) is 7.60. The van der Waals surface area contributed by atoms with E-state index in [1.54, 1.807) is 0 Å². The topological polar surface area (TPSA) is 97.6 Å². The maximum atomic E-state index is 12.7. The van der Waals surface area contributed by atoms with Crippen molar-refractivity contribution in [3.63, 3.8) is 0 Å². The summed E-state index contributed by atoms with van der Waals surface area (Å²) in [7, 11) is -3.83. The van der Waals surface area contributed by atoms with Gasteiger partial charge in [-0.15, -0.1) is 0 Å². The van der Waals surface area contributed by atoms with Crippen LogP contribution in [0.2, 0.25) is 0 Å². The zero-order chi connectivity index (χ0) is 18.5. The Morgan fingerprint density at radius 1 is 1.29 bits per heavy atom. The Morgan fingerprint density at radius 2 is 1.88 bits per heavy atom. The first-order valence-corrected chi connectivity index (χ1v) is 8.54. The SMILES string of the molecule is CCS(=O)(=O)CC(=O)N(Cc1ccccc1[N+](=O)[O-])CC(F)(F)F. The number of amides is 1. The number of halogens is 3. The number of para-hydroxylation sites is 1. The minimum Gasteiger partial charge on any atom is -0.328 e. The van der Waals surface area contributed by atoms with E-state index in [9.17, 15) is 36.5 Å². The number of sulfone groups is 1. The number of nitro groups is 1. The van der Waals surface area contributed by atoms with Crippen molar-refractivity contribution in [3.05, 3.63) is 39.9 Å². The first-order chi connectivity index (χ1) is 10.9. The fourth-order valence-corrected chi connectivity index (χ4v) is 2.62. The molecule has 0 radical (unpaired) electrons. The van der Waals surface area contributed by atoms with Crippen molar-refractivity contribution in [2.24, 2.45) is 0 Å². The third-order valence-corrected chi connectivity index (χ3v) is 4.62. The fourth-order valence-electron chi connectivity index (χ4n) is 1.86. The lowest BCUT2D eigenvalue weighted by molar-refractivity contribution is -0.385. The number of nitrogens with zero attached hydrogens (tertiary/aromatic N) is 2. The van der Waals surface area contributed by atoms with Gasteiger partial charge < -0.3 is 4.90 Å². The summed E-state index contributed by atoms with van der Waals surface area (Å²) >= 11 is 0. The van der Waals surface area contributed by atoms with Gasteiger partial charge in [0.15, 0.2) is 9.84 Å². The van der Waals surface area contributed by atoms with Gasteiger partial charge in [-0.2, -0.15) is 13.2 Å². The predicted octanol–water partition coefficient (Wildman–Crippen LogP) is 1.92. The molecule has 0 N–H and O–H groups in total. The number of benzene rings is 1. The largest absolute Gasteiger partial charge is 0.406 e. The first kappa shape index (κ1) is 19.9. The minimum absolute atomic E-state index is 0.117. The summed E-state index contributed by atoms with van der Waals surface area (Å²) in [6.07, 6.45) is -4.77. The number of hydrogen-bond donors (Lipinski definition) is 0. The number of nitro benzene ring substituents is 1. The molecule has 134 valence electrons.